The third-order valence-corrected chi connectivity index (χ3v) is 4.44. The van der Waals surface area contributed by atoms with Gasteiger partial charge in [-0.25, -0.2) is 9.67 Å². The topological polar surface area (TPSA) is 88.5 Å². The second kappa shape index (κ2) is 7.55. The summed E-state index contributed by atoms with van der Waals surface area (Å²) in [5.41, 5.74) is 3.07. The van der Waals surface area contributed by atoms with Crippen molar-refractivity contribution in [1.82, 2.24) is 25.0 Å². The Morgan fingerprint density at radius 1 is 1.11 bits per heavy atom. The molecule has 2 heterocycles. The van der Waals surface area contributed by atoms with Gasteiger partial charge in [0, 0.05) is 10.0 Å². The maximum atomic E-state index is 12.4. The standard InChI is InChI=1S/C19H15BrN6O/c20-15-8-6-13(7-9-15)11-26-12-21-19(25-26)22-18(27)17-10-16(23-24-17)14-4-2-1-3-5-14/h1-10,12H,11H2,(H,23,24)(H,22,25,27). The monoisotopic (exact) mass is 422 g/mol. The Kier molecular flexibility index (Phi) is 4.80. The Morgan fingerprint density at radius 2 is 1.89 bits per heavy atom. The van der Waals surface area contributed by atoms with E-state index in [4.69, 9.17) is 0 Å². The second-order valence-corrected chi connectivity index (χ2v) is 6.79. The molecular formula is C19H15BrN6O. The van der Waals surface area contributed by atoms with Crippen molar-refractivity contribution in [2.75, 3.05) is 5.32 Å². The molecule has 0 aliphatic heterocycles. The Labute approximate surface area is 163 Å². The first kappa shape index (κ1) is 17.2. The smallest absolute Gasteiger partial charge is 0.276 e. The van der Waals surface area contributed by atoms with Crippen LogP contribution in [-0.4, -0.2) is 30.9 Å². The van der Waals surface area contributed by atoms with Crippen molar-refractivity contribution < 1.29 is 4.79 Å². The molecule has 0 saturated carbocycles. The lowest BCUT2D eigenvalue weighted by Crippen LogP contribution is -2.14. The number of carbonyl (C=O) groups excluding carboxylic acids is 1. The number of aromatic amines is 1. The van der Waals surface area contributed by atoms with Crippen LogP contribution in [0.25, 0.3) is 11.3 Å². The molecule has 2 aromatic carbocycles. The fourth-order valence-electron chi connectivity index (χ4n) is 2.57. The maximum Gasteiger partial charge on any atom is 0.276 e. The molecule has 7 nitrogen and oxygen atoms in total. The SMILES string of the molecule is O=C(Nc1ncn(Cc2ccc(Br)cc2)n1)c1cc(-c2ccccc2)n[nH]1. The summed E-state index contributed by atoms with van der Waals surface area (Å²) >= 11 is 3.41. The number of rotatable bonds is 5. The van der Waals surface area contributed by atoms with Gasteiger partial charge < -0.3 is 0 Å². The number of hydrogen-bond donors (Lipinski definition) is 2. The number of H-pyrrole nitrogens is 1. The summed E-state index contributed by atoms with van der Waals surface area (Å²) < 4.78 is 2.69. The number of nitrogens with one attached hydrogen (secondary N) is 2. The summed E-state index contributed by atoms with van der Waals surface area (Å²) in [6.07, 6.45) is 1.58. The van der Waals surface area contributed by atoms with Crippen molar-refractivity contribution in [3.8, 4) is 11.3 Å². The number of aromatic nitrogens is 5. The van der Waals surface area contributed by atoms with Crippen LogP contribution in [-0.2, 0) is 6.54 Å². The van der Waals surface area contributed by atoms with E-state index in [2.05, 4.69) is 41.5 Å². The van der Waals surface area contributed by atoms with E-state index >= 15 is 0 Å². The lowest BCUT2D eigenvalue weighted by Gasteiger charge is -2.01. The van der Waals surface area contributed by atoms with Crippen LogP contribution in [0.3, 0.4) is 0 Å². The highest BCUT2D eigenvalue weighted by Crippen LogP contribution is 2.17. The highest BCUT2D eigenvalue weighted by Gasteiger charge is 2.13. The Hall–Kier alpha value is -3.26. The molecule has 2 N–H and O–H groups in total. The molecular weight excluding hydrogens is 408 g/mol. The van der Waals surface area contributed by atoms with E-state index in [1.54, 1.807) is 17.1 Å². The number of amides is 1. The van der Waals surface area contributed by atoms with Gasteiger partial charge >= 0.3 is 0 Å². The van der Waals surface area contributed by atoms with E-state index in [1.165, 1.54) is 0 Å². The van der Waals surface area contributed by atoms with Crippen molar-refractivity contribution in [2.24, 2.45) is 0 Å². The molecule has 134 valence electrons. The zero-order valence-corrected chi connectivity index (χ0v) is 15.7. The summed E-state index contributed by atoms with van der Waals surface area (Å²) in [6, 6.07) is 19.3. The van der Waals surface area contributed by atoms with Crippen molar-refractivity contribution in [3.05, 3.63) is 82.7 Å². The van der Waals surface area contributed by atoms with Crippen molar-refractivity contribution in [1.29, 1.82) is 0 Å². The van der Waals surface area contributed by atoms with E-state index in [-0.39, 0.29) is 11.9 Å². The molecule has 0 saturated heterocycles. The molecule has 4 aromatic rings. The number of nitrogens with zero attached hydrogens (tertiary/aromatic N) is 4. The van der Waals surface area contributed by atoms with Gasteiger partial charge in [-0.15, -0.1) is 5.10 Å². The van der Waals surface area contributed by atoms with Crippen molar-refractivity contribution >= 4 is 27.8 Å². The number of hydrogen-bond acceptors (Lipinski definition) is 4. The summed E-state index contributed by atoms with van der Waals surface area (Å²) in [4.78, 5) is 16.5. The molecule has 0 aliphatic carbocycles. The van der Waals surface area contributed by atoms with Gasteiger partial charge in [-0.05, 0) is 23.8 Å². The third kappa shape index (κ3) is 4.12. The van der Waals surface area contributed by atoms with E-state index in [1.807, 2.05) is 54.6 Å². The van der Waals surface area contributed by atoms with Crippen LogP contribution in [0.2, 0.25) is 0 Å². The quantitative estimate of drug-likeness (QED) is 0.512. The maximum absolute atomic E-state index is 12.4. The summed E-state index contributed by atoms with van der Waals surface area (Å²) in [5, 5.41) is 13.9. The average molecular weight is 423 g/mol. The van der Waals surface area contributed by atoms with Gasteiger partial charge in [-0.3, -0.25) is 15.2 Å². The van der Waals surface area contributed by atoms with Gasteiger partial charge in [0.1, 0.15) is 12.0 Å². The molecule has 0 unspecified atom stereocenters. The van der Waals surface area contributed by atoms with Crippen molar-refractivity contribution in [2.45, 2.75) is 6.54 Å². The molecule has 0 aliphatic rings. The molecule has 27 heavy (non-hydrogen) atoms. The first-order valence-corrected chi connectivity index (χ1v) is 9.03. The average Bonchev–Trinajstić information content (AvgIpc) is 3.34. The fourth-order valence-corrected chi connectivity index (χ4v) is 2.83. The van der Waals surface area contributed by atoms with Crippen LogP contribution in [0.5, 0.6) is 0 Å². The van der Waals surface area contributed by atoms with Gasteiger partial charge in [0.25, 0.3) is 5.91 Å². The number of anilines is 1. The predicted octanol–water partition coefficient (Wildman–Crippen LogP) is 3.73. The molecule has 0 fully saturated rings. The lowest BCUT2D eigenvalue weighted by atomic mass is 10.1. The number of benzene rings is 2. The number of halogens is 1. The van der Waals surface area contributed by atoms with Crippen LogP contribution in [0.4, 0.5) is 5.95 Å². The lowest BCUT2D eigenvalue weighted by molar-refractivity contribution is 0.102. The predicted molar refractivity (Wildman–Crippen MR) is 105 cm³/mol. The first-order valence-electron chi connectivity index (χ1n) is 8.23. The second-order valence-electron chi connectivity index (χ2n) is 5.88. The van der Waals surface area contributed by atoms with Gasteiger partial charge in [-0.1, -0.05) is 58.4 Å². The van der Waals surface area contributed by atoms with Crippen LogP contribution < -0.4 is 5.32 Å². The minimum atomic E-state index is -0.342. The molecule has 2 aromatic heterocycles. The molecule has 1 amide bonds. The minimum absolute atomic E-state index is 0.243. The van der Waals surface area contributed by atoms with Crippen LogP contribution in [0.1, 0.15) is 16.1 Å². The summed E-state index contributed by atoms with van der Waals surface area (Å²) in [7, 11) is 0. The largest absolute Gasteiger partial charge is 0.288 e. The van der Waals surface area contributed by atoms with Gasteiger partial charge in [0.15, 0.2) is 0 Å². The highest BCUT2D eigenvalue weighted by molar-refractivity contribution is 9.10. The van der Waals surface area contributed by atoms with Crippen molar-refractivity contribution in [3.63, 3.8) is 0 Å². The molecule has 8 heteroatoms. The third-order valence-electron chi connectivity index (χ3n) is 3.91. The van der Waals surface area contributed by atoms with E-state index in [0.717, 1.165) is 15.6 Å². The van der Waals surface area contributed by atoms with Gasteiger partial charge in [-0.2, -0.15) is 5.10 Å². The molecule has 4 rings (SSSR count). The summed E-state index contributed by atoms with van der Waals surface area (Å²) in [5.74, 6) is -0.0981. The van der Waals surface area contributed by atoms with Gasteiger partial charge in [0.05, 0.1) is 12.2 Å². The van der Waals surface area contributed by atoms with Gasteiger partial charge in [0.2, 0.25) is 5.95 Å². The van der Waals surface area contributed by atoms with Crippen LogP contribution in [0.15, 0.2) is 71.5 Å². The Morgan fingerprint density at radius 3 is 2.67 bits per heavy atom. The first-order chi connectivity index (χ1) is 13.2. The molecule has 0 radical (unpaired) electrons. The van der Waals surface area contributed by atoms with E-state index in [9.17, 15) is 4.79 Å². The Balaban J connectivity index is 1.42. The fraction of sp³-hybridized carbons (Fsp3) is 0.0526. The Bertz CT molecular complexity index is 1060. The summed E-state index contributed by atoms with van der Waals surface area (Å²) in [6.45, 7) is 0.568. The zero-order chi connectivity index (χ0) is 18.6. The van der Waals surface area contributed by atoms with Crippen LogP contribution >= 0.6 is 15.9 Å². The highest BCUT2D eigenvalue weighted by atomic mass is 79.9. The normalized spacial score (nSPS) is 10.7. The van der Waals surface area contributed by atoms with E-state index < -0.39 is 0 Å². The molecule has 0 spiro atoms. The molecule has 0 atom stereocenters. The number of carbonyl (C=O) groups is 1. The van der Waals surface area contributed by atoms with Crippen LogP contribution in [0, 0.1) is 0 Å². The molecule has 0 bridgehead atoms. The minimum Gasteiger partial charge on any atom is -0.288 e. The zero-order valence-electron chi connectivity index (χ0n) is 14.1. The van der Waals surface area contributed by atoms with E-state index in [0.29, 0.717) is 17.9 Å².